The van der Waals surface area contributed by atoms with E-state index in [1.807, 2.05) is 12.1 Å². The minimum absolute atomic E-state index is 0.0288. The highest BCUT2D eigenvalue weighted by Crippen LogP contribution is 2.35. The molecular weight excluding hydrogens is 659 g/mol. The lowest BCUT2D eigenvalue weighted by molar-refractivity contribution is -0.138. The molecule has 0 aliphatic heterocycles. The van der Waals surface area contributed by atoms with E-state index >= 15 is 0 Å². The molecule has 262 valence electrons. The lowest BCUT2D eigenvalue weighted by atomic mass is 10.1. The van der Waals surface area contributed by atoms with Gasteiger partial charge in [0.05, 0.1) is 52.4 Å². The van der Waals surface area contributed by atoms with Gasteiger partial charge in [-0.3, -0.25) is 9.59 Å². The standard InChI is InChI=1S/C11H10O4.C11H12O3.C8H6O3.C5H11O3P/c1-15-10(12)7-4-8-2-5-9(6-3-8)11(13)14;1-14-11(13)7-6-9-2-4-10(8-12)5-3-9;9-5-6-1-3-7(4-2-6)8(10)11;1-8-5(6)4-9(2,3)7/h2-7H,1H3,(H,13,14);2-7,12H,8H2,1H3;1-5H,(H,10,11);4H2,1-3H3/b7-4+;7-6+;;. The van der Waals surface area contributed by atoms with Gasteiger partial charge >= 0.3 is 29.8 Å². The van der Waals surface area contributed by atoms with Crippen LogP contribution in [0.15, 0.2) is 84.9 Å². The van der Waals surface area contributed by atoms with Crippen LogP contribution in [-0.4, -0.2) is 92.3 Å². The topological polar surface area (TPSA) is 208 Å². The minimum Gasteiger partial charge on any atom is -0.478 e. The summed E-state index contributed by atoms with van der Waals surface area (Å²) in [7, 11) is 1.70. The van der Waals surface area contributed by atoms with Gasteiger partial charge in [-0.25, -0.2) is 19.2 Å². The summed E-state index contributed by atoms with van der Waals surface area (Å²) in [5, 5.41) is 25.9. The molecule has 0 amide bonds. The van der Waals surface area contributed by atoms with Gasteiger partial charge in [0.2, 0.25) is 0 Å². The van der Waals surface area contributed by atoms with E-state index < -0.39 is 31.0 Å². The van der Waals surface area contributed by atoms with Gasteiger partial charge in [-0.1, -0.05) is 48.5 Å². The Morgan fingerprint density at radius 2 is 1.00 bits per heavy atom. The summed E-state index contributed by atoms with van der Waals surface area (Å²) in [6.07, 6.45) is 6.56. The Morgan fingerprint density at radius 3 is 1.27 bits per heavy atom. The molecule has 3 rings (SSSR count). The second kappa shape index (κ2) is 23.6. The van der Waals surface area contributed by atoms with Gasteiger partial charge < -0.3 is 34.1 Å². The molecule has 0 atom stereocenters. The summed E-state index contributed by atoms with van der Waals surface area (Å²) < 4.78 is 24.1. The fourth-order valence-electron chi connectivity index (χ4n) is 3.02. The second-order valence-electron chi connectivity index (χ2n) is 9.89. The molecule has 0 unspecified atom stereocenters. The molecule has 49 heavy (non-hydrogen) atoms. The second-order valence-corrected chi connectivity index (χ2v) is 13.4. The van der Waals surface area contributed by atoms with Crippen LogP contribution in [0, 0.1) is 0 Å². The molecule has 0 saturated carbocycles. The van der Waals surface area contributed by atoms with E-state index in [-0.39, 0.29) is 29.9 Å². The zero-order valence-corrected chi connectivity index (χ0v) is 28.5. The molecule has 0 saturated heterocycles. The maximum Gasteiger partial charge on any atom is 0.335 e. The molecule has 0 radical (unpaired) electrons. The van der Waals surface area contributed by atoms with Crippen LogP contribution in [0.3, 0.4) is 0 Å². The fraction of sp³-hybridized carbons (Fsp3) is 0.200. The fourth-order valence-corrected chi connectivity index (χ4v) is 3.77. The van der Waals surface area contributed by atoms with Crippen molar-refractivity contribution in [3.05, 3.63) is 118 Å². The Kier molecular flexibility index (Phi) is 20.9. The highest BCUT2D eigenvalue weighted by Gasteiger charge is 2.13. The number of aliphatic hydroxyl groups is 1. The summed E-state index contributed by atoms with van der Waals surface area (Å²) in [5.74, 6) is -3.18. The molecule has 3 N–H and O–H groups in total. The highest BCUT2D eigenvalue weighted by molar-refractivity contribution is 7.63. The normalized spacial score (nSPS) is 10.2. The van der Waals surface area contributed by atoms with E-state index in [1.54, 1.807) is 49.7 Å². The molecule has 0 aromatic heterocycles. The molecular formula is C35H39O13P. The number of methoxy groups -OCH3 is 3. The first kappa shape index (κ1) is 43.4. The summed E-state index contributed by atoms with van der Waals surface area (Å²) >= 11 is 0. The first-order chi connectivity index (χ1) is 23.1. The Bertz CT molecular complexity index is 1620. The molecule has 0 aliphatic rings. The lowest BCUT2D eigenvalue weighted by Crippen LogP contribution is -2.05. The van der Waals surface area contributed by atoms with Crippen molar-refractivity contribution in [2.24, 2.45) is 0 Å². The van der Waals surface area contributed by atoms with Crippen molar-refractivity contribution in [3.63, 3.8) is 0 Å². The number of hydrogen-bond donors (Lipinski definition) is 3. The van der Waals surface area contributed by atoms with Crippen molar-refractivity contribution < 1.29 is 62.9 Å². The third kappa shape index (κ3) is 21.0. The van der Waals surface area contributed by atoms with Gasteiger partial charge in [-0.2, -0.15) is 0 Å². The van der Waals surface area contributed by atoms with Crippen molar-refractivity contribution >= 4 is 55.4 Å². The van der Waals surface area contributed by atoms with Crippen molar-refractivity contribution in [1.82, 2.24) is 0 Å². The molecule has 0 heterocycles. The molecule has 3 aromatic carbocycles. The highest BCUT2D eigenvalue weighted by atomic mass is 31.2. The number of esters is 3. The molecule has 3 aromatic rings. The van der Waals surface area contributed by atoms with Gasteiger partial charge in [-0.05, 0) is 66.4 Å². The molecule has 14 heteroatoms. The number of aliphatic hydroxyl groups excluding tert-OH is 1. The summed E-state index contributed by atoms with van der Waals surface area (Å²) in [4.78, 5) is 62.9. The van der Waals surface area contributed by atoms with E-state index in [1.165, 1.54) is 69.9 Å². The Morgan fingerprint density at radius 1 is 0.633 bits per heavy atom. The summed E-state index contributed by atoms with van der Waals surface area (Å²) in [5.41, 5.74) is 3.37. The van der Waals surface area contributed by atoms with Crippen LogP contribution >= 0.6 is 7.14 Å². The number of aromatic carboxylic acids is 2. The predicted molar refractivity (Wildman–Crippen MR) is 183 cm³/mol. The van der Waals surface area contributed by atoms with Crippen molar-refractivity contribution in [1.29, 1.82) is 0 Å². The number of ether oxygens (including phenoxy) is 3. The number of rotatable bonds is 10. The van der Waals surface area contributed by atoms with Gasteiger partial charge in [0.1, 0.15) is 6.29 Å². The number of benzene rings is 3. The smallest absolute Gasteiger partial charge is 0.335 e. The predicted octanol–water partition coefficient (Wildman–Crippen LogP) is 4.92. The summed E-state index contributed by atoms with van der Waals surface area (Å²) in [6.45, 7) is 3.15. The van der Waals surface area contributed by atoms with Gasteiger partial charge in [0, 0.05) is 17.7 Å². The quantitative estimate of drug-likeness (QED) is 0.0846. The zero-order chi connectivity index (χ0) is 37.4. The van der Waals surface area contributed by atoms with Crippen LogP contribution in [-0.2, 0) is 39.8 Å². The van der Waals surface area contributed by atoms with Gasteiger partial charge in [0.15, 0.2) is 0 Å². The van der Waals surface area contributed by atoms with E-state index in [2.05, 4.69) is 14.2 Å². The number of aldehydes is 1. The average Bonchev–Trinajstić information content (AvgIpc) is 3.09. The Balaban J connectivity index is 0.000000639. The third-order valence-electron chi connectivity index (χ3n) is 5.58. The first-order valence-corrected chi connectivity index (χ1v) is 16.8. The van der Waals surface area contributed by atoms with Gasteiger partial charge in [0.25, 0.3) is 0 Å². The number of carboxylic acid groups (broad SMARTS) is 2. The number of carbonyl (C=O) groups is 6. The minimum atomic E-state index is -2.21. The van der Waals surface area contributed by atoms with Crippen LogP contribution in [0.5, 0.6) is 0 Å². The van der Waals surface area contributed by atoms with Crippen LogP contribution in [0.25, 0.3) is 12.2 Å². The molecule has 0 bridgehead atoms. The number of hydrogen-bond acceptors (Lipinski definition) is 11. The van der Waals surface area contributed by atoms with E-state index in [0.29, 0.717) is 11.8 Å². The third-order valence-corrected chi connectivity index (χ3v) is 6.60. The van der Waals surface area contributed by atoms with Crippen molar-refractivity contribution in [3.8, 4) is 0 Å². The molecule has 0 spiro atoms. The average molecular weight is 699 g/mol. The van der Waals surface area contributed by atoms with E-state index in [4.69, 9.17) is 15.3 Å². The Hall–Kier alpha value is -5.65. The Labute approximate surface area is 283 Å². The van der Waals surface area contributed by atoms with Crippen LogP contribution in [0.4, 0.5) is 0 Å². The van der Waals surface area contributed by atoms with Crippen LogP contribution in [0.1, 0.15) is 47.8 Å². The maximum atomic E-state index is 10.9. The number of carbonyl (C=O) groups excluding carboxylic acids is 4. The lowest BCUT2D eigenvalue weighted by Gasteiger charge is -2.02. The van der Waals surface area contributed by atoms with Crippen LogP contribution < -0.4 is 0 Å². The first-order valence-electron chi connectivity index (χ1n) is 14.0. The molecule has 0 fully saturated rings. The zero-order valence-electron chi connectivity index (χ0n) is 27.6. The largest absolute Gasteiger partial charge is 0.478 e. The van der Waals surface area contributed by atoms with Gasteiger partial charge in [-0.15, -0.1) is 0 Å². The van der Waals surface area contributed by atoms with E-state index in [9.17, 15) is 33.3 Å². The van der Waals surface area contributed by atoms with E-state index in [0.717, 1.165) is 16.7 Å². The SMILES string of the molecule is COC(=O)/C=C/c1ccc(C(=O)O)cc1.COC(=O)/C=C/c1ccc(CO)cc1.COC(=O)CP(C)(C)=O.O=Cc1ccc(C(=O)O)cc1. The maximum absolute atomic E-state index is 10.9. The van der Waals surface area contributed by atoms with Crippen molar-refractivity contribution in [2.45, 2.75) is 6.61 Å². The summed E-state index contributed by atoms with van der Waals surface area (Å²) in [6, 6.07) is 19.2. The number of carboxylic acids is 2. The van der Waals surface area contributed by atoms with Crippen LogP contribution in [0.2, 0.25) is 0 Å². The monoisotopic (exact) mass is 698 g/mol. The molecule has 13 nitrogen and oxygen atoms in total. The molecule has 0 aliphatic carbocycles. The van der Waals surface area contributed by atoms with Crippen molar-refractivity contribution in [2.75, 3.05) is 40.8 Å².